The third-order valence-electron chi connectivity index (χ3n) is 1.80. The summed E-state index contributed by atoms with van der Waals surface area (Å²) in [5.74, 6) is -0.524. The fourth-order valence-corrected chi connectivity index (χ4v) is 1.18. The van der Waals surface area contributed by atoms with E-state index in [0.717, 1.165) is 12.1 Å². The van der Waals surface area contributed by atoms with Gasteiger partial charge in [0.25, 0.3) is 0 Å². The second kappa shape index (κ2) is 3.91. The SMILES string of the molecule is CNc1cc(F)cc(NC)c1[N+](=O)[O-]. The third-order valence-corrected chi connectivity index (χ3v) is 1.80. The zero-order valence-electron chi connectivity index (χ0n) is 7.80. The summed E-state index contributed by atoms with van der Waals surface area (Å²) >= 11 is 0. The number of hydrogen-bond acceptors (Lipinski definition) is 4. The molecule has 1 aromatic carbocycles. The summed E-state index contributed by atoms with van der Waals surface area (Å²) in [7, 11) is 3.00. The summed E-state index contributed by atoms with van der Waals surface area (Å²) in [6.45, 7) is 0. The second-order valence-corrected chi connectivity index (χ2v) is 2.61. The largest absolute Gasteiger partial charge is 0.382 e. The smallest absolute Gasteiger partial charge is 0.315 e. The van der Waals surface area contributed by atoms with E-state index in [-0.39, 0.29) is 17.1 Å². The molecule has 0 amide bonds. The van der Waals surface area contributed by atoms with Crippen LogP contribution in [0.5, 0.6) is 0 Å². The van der Waals surface area contributed by atoms with Crippen LogP contribution in [0.2, 0.25) is 0 Å². The van der Waals surface area contributed by atoms with E-state index in [9.17, 15) is 14.5 Å². The molecule has 0 saturated carbocycles. The van der Waals surface area contributed by atoms with E-state index < -0.39 is 10.7 Å². The van der Waals surface area contributed by atoms with Crippen LogP contribution in [-0.4, -0.2) is 19.0 Å². The van der Waals surface area contributed by atoms with Gasteiger partial charge in [0, 0.05) is 26.2 Å². The van der Waals surface area contributed by atoms with Gasteiger partial charge in [0.2, 0.25) is 0 Å². The van der Waals surface area contributed by atoms with E-state index in [1.54, 1.807) is 0 Å². The Bertz CT molecular complexity index is 343. The number of hydrogen-bond donors (Lipinski definition) is 2. The molecule has 0 aliphatic rings. The van der Waals surface area contributed by atoms with Gasteiger partial charge in [-0.05, 0) is 0 Å². The minimum atomic E-state index is -0.558. The van der Waals surface area contributed by atoms with Crippen molar-refractivity contribution in [1.29, 1.82) is 0 Å². The van der Waals surface area contributed by atoms with E-state index in [2.05, 4.69) is 10.6 Å². The lowest BCUT2D eigenvalue weighted by molar-refractivity contribution is -0.383. The van der Waals surface area contributed by atoms with Gasteiger partial charge < -0.3 is 10.6 Å². The molecule has 6 heteroatoms. The van der Waals surface area contributed by atoms with Crippen LogP contribution in [0, 0.1) is 15.9 Å². The first-order valence-electron chi connectivity index (χ1n) is 3.93. The minimum Gasteiger partial charge on any atom is -0.382 e. The average molecular weight is 199 g/mol. The zero-order chi connectivity index (χ0) is 10.7. The van der Waals surface area contributed by atoms with Crippen molar-refractivity contribution in [3.05, 3.63) is 28.1 Å². The van der Waals surface area contributed by atoms with Gasteiger partial charge in [-0.15, -0.1) is 0 Å². The van der Waals surface area contributed by atoms with Crippen molar-refractivity contribution in [3.63, 3.8) is 0 Å². The Balaban J connectivity index is 3.40. The molecule has 0 spiro atoms. The topological polar surface area (TPSA) is 67.2 Å². The quantitative estimate of drug-likeness (QED) is 0.575. The molecule has 5 nitrogen and oxygen atoms in total. The summed E-state index contributed by atoms with van der Waals surface area (Å²) < 4.78 is 12.9. The molecule has 1 aromatic rings. The average Bonchev–Trinajstić information content (AvgIpc) is 2.15. The molecule has 0 saturated heterocycles. The lowest BCUT2D eigenvalue weighted by Crippen LogP contribution is -2.02. The molecule has 0 bridgehead atoms. The second-order valence-electron chi connectivity index (χ2n) is 2.61. The monoisotopic (exact) mass is 199 g/mol. The van der Waals surface area contributed by atoms with E-state index in [0.29, 0.717) is 0 Å². The summed E-state index contributed by atoms with van der Waals surface area (Å²) in [5.41, 5.74) is 0.148. The summed E-state index contributed by atoms with van der Waals surface area (Å²) in [4.78, 5) is 10.1. The van der Waals surface area contributed by atoms with Crippen LogP contribution in [-0.2, 0) is 0 Å². The number of nitro benzene ring substituents is 1. The van der Waals surface area contributed by atoms with Crippen LogP contribution in [0.1, 0.15) is 0 Å². The van der Waals surface area contributed by atoms with Gasteiger partial charge >= 0.3 is 5.69 Å². The van der Waals surface area contributed by atoms with Crippen LogP contribution in [0.25, 0.3) is 0 Å². The Morgan fingerprint density at radius 1 is 1.29 bits per heavy atom. The van der Waals surface area contributed by atoms with Crippen molar-refractivity contribution >= 4 is 17.1 Å². The van der Waals surface area contributed by atoms with Crippen molar-refractivity contribution < 1.29 is 9.31 Å². The van der Waals surface area contributed by atoms with Gasteiger partial charge in [0.1, 0.15) is 17.2 Å². The van der Waals surface area contributed by atoms with Crippen LogP contribution in [0.4, 0.5) is 21.5 Å². The molecule has 0 aliphatic carbocycles. The number of nitrogens with one attached hydrogen (secondary N) is 2. The highest BCUT2D eigenvalue weighted by Crippen LogP contribution is 2.33. The van der Waals surface area contributed by atoms with Crippen LogP contribution in [0.3, 0.4) is 0 Å². The zero-order valence-corrected chi connectivity index (χ0v) is 7.80. The maximum absolute atomic E-state index is 12.9. The number of halogens is 1. The third kappa shape index (κ3) is 1.73. The van der Waals surface area contributed by atoms with E-state index in [1.165, 1.54) is 14.1 Å². The van der Waals surface area contributed by atoms with Crippen LogP contribution < -0.4 is 10.6 Å². The molecule has 0 unspecified atom stereocenters. The van der Waals surface area contributed by atoms with Crippen LogP contribution >= 0.6 is 0 Å². The molecule has 0 radical (unpaired) electrons. The Kier molecular flexibility index (Phi) is 2.85. The molecule has 14 heavy (non-hydrogen) atoms. The molecule has 76 valence electrons. The number of rotatable bonds is 3. The Labute approximate surface area is 80.1 Å². The van der Waals surface area contributed by atoms with Gasteiger partial charge in [-0.3, -0.25) is 10.1 Å². The first kappa shape index (κ1) is 10.2. The van der Waals surface area contributed by atoms with Crippen molar-refractivity contribution in [2.75, 3.05) is 24.7 Å². The van der Waals surface area contributed by atoms with Gasteiger partial charge in [0.15, 0.2) is 0 Å². The van der Waals surface area contributed by atoms with E-state index >= 15 is 0 Å². The van der Waals surface area contributed by atoms with E-state index in [4.69, 9.17) is 0 Å². The molecule has 0 atom stereocenters. The molecule has 0 aliphatic heterocycles. The number of nitro groups is 1. The molecule has 0 fully saturated rings. The predicted octanol–water partition coefficient (Wildman–Crippen LogP) is 1.82. The summed E-state index contributed by atoms with van der Waals surface area (Å²) in [5, 5.41) is 15.8. The molecule has 1 rings (SSSR count). The fraction of sp³-hybridized carbons (Fsp3) is 0.250. The molecular formula is C8H10FN3O2. The molecule has 0 aromatic heterocycles. The Morgan fingerprint density at radius 2 is 1.71 bits per heavy atom. The standard InChI is InChI=1S/C8H10FN3O2/c1-10-6-3-5(9)4-7(11-2)8(6)12(13)14/h3-4,10-11H,1-2H3. The minimum absolute atomic E-state index is 0.152. The predicted molar refractivity (Wildman–Crippen MR) is 52.1 cm³/mol. The Morgan fingerprint density at radius 3 is 2.00 bits per heavy atom. The van der Waals surface area contributed by atoms with Crippen molar-refractivity contribution in [2.45, 2.75) is 0 Å². The van der Waals surface area contributed by atoms with Crippen LogP contribution in [0.15, 0.2) is 12.1 Å². The first-order chi connectivity index (χ1) is 6.60. The summed E-state index contributed by atoms with van der Waals surface area (Å²) in [6.07, 6.45) is 0. The number of anilines is 2. The molecule has 2 N–H and O–H groups in total. The summed E-state index contributed by atoms with van der Waals surface area (Å²) in [6, 6.07) is 2.16. The van der Waals surface area contributed by atoms with Gasteiger partial charge in [-0.2, -0.15) is 0 Å². The van der Waals surface area contributed by atoms with E-state index in [1.807, 2.05) is 0 Å². The van der Waals surface area contributed by atoms with Gasteiger partial charge in [-0.25, -0.2) is 4.39 Å². The number of benzene rings is 1. The maximum Gasteiger partial charge on any atom is 0.315 e. The lowest BCUT2D eigenvalue weighted by Gasteiger charge is -2.07. The molecular weight excluding hydrogens is 189 g/mol. The van der Waals surface area contributed by atoms with Gasteiger partial charge in [0.05, 0.1) is 4.92 Å². The highest BCUT2D eigenvalue weighted by atomic mass is 19.1. The van der Waals surface area contributed by atoms with Crippen molar-refractivity contribution in [1.82, 2.24) is 0 Å². The maximum atomic E-state index is 12.9. The van der Waals surface area contributed by atoms with Gasteiger partial charge in [-0.1, -0.05) is 0 Å². The normalized spacial score (nSPS) is 9.64. The first-order valence-corrected chi connectivity index (χ1v) is 3.93. The fourth-order valence-electron chi connectivity index (χ4n) is 1.18. The highest BCUT2D eigenvalue weighted by molar-refractivity contribution is 5.76. The Hall–Kier alpha value is -1.85. The van der Waals surface area contributed by atoms with Crippen molar-refractivity contribution in [2.24, 2.45) is 0 Å². The highest BCUT2D eigenvalue weighted by Gasteiger charge is 2.19. The van der Waals surface area contributed by atoms with Crippen molar-refractivity contribution in [3.8, 4) is 0 Å². The molecule has 0 heterocycles. The lowest BCUT2D eigenvalue weighted by atomic mass is 10.2. The number of nitrogens with zero attached hydrogens (tertiary/aromatic N) is 1.